The molecule has 1 aromatic carbocycles. The van der Waals surface area contributed by atoms with Crippen LogP contribution in [0.2, 0.25) is 0 Å². The number of nitrogens with one attached hydrogen (secondary N) is 1. The lowest BCUT2D eigenvalue weighted by Gasteiger charge is -2.26. The molecule has 2 heterocycles. The van der Waals surface area contributed by atoms with E-state index in [0.717, 1.165) is 37.2 Å². The third kappa shape index (κ3) is 5.18. The van der Waals surface area contributed by atoms with Crippen molar-refractivity contribution in [2.45, 2.75) is 38.5 Å². The van der Waals surface area contributed by atoms with Gasteiger partial charge in [0.25, 0.3) is 0 Å². The number of para-hydroxylation sites is 1. The molecule has 26 heavy (non-hydrogen) atoms. The van der Waals surface area contributed by atoms with Crippen LogP contribution in [0.4, 0.5) is 0 Å². The highest BCUT2D eigenvalue weighted by Gasteiger charge is 2.16. The number of carbonyl (C=O) groups excluding carboxylic acids is 2. The molecule has 0 unspecified atom stereocenters. The molecule has 1 aliphatic heterocycles. The van der Waals surface area contributed by atoms with E-state index >= 15 is 0 Å². The Labute approximate surface area is 154 Å². The number of piperidine rings is 1. The highest BCUT2D eigenvalue weighted by molar-refractivity contribution is 5.79. The number of likely N-dealkylation sites (tertiary alicyclic amines) is 1. The van der Waals surface area contributed by atoms with Crippen molar-refractivity contribution in [3.63, 3.8) is 0 Å². The van der Waals surface area contributed by atoms with Gasteiger partial charge in [-0.2, -0.15) is 5.10 Å². The van der Waals surface area contributed by atoms with Crippen LogP contribution in [-0.2, 0) is 16.0 Å². The van der Waals surface area contributed by atoms with Crippen LogP contribution < -0.4 is 5.32 Å². The number of amides is 2. The smallest absolute Gasteiger partial charge is 0.224 e. The van der Waals surface area contributed by atoms with E-state index in [1.807, 2.05) is 46.1 Å². The molecule has 1 aromatic heterocycles. The summed E-state index contributed by atoms with van der Waals surface area (Å²) in [6.45, 7) is 2.13. The molecule has 6 nitrogen and oxygen atoms in total. The second kappa shape index (κ2) is 9.17. The van der Waals surface area contributed by atoms with Crippen molar-refractivity contribution in [3.05, 3.63) is 48.3 Å². The molecule has 1 fully saturated rings. The zero-order valence-electron chi connectivity index (χ0n) is 15.1. The van der Waals surface area contributed by atoms with Crippen molar-refractivity contribution in [1.82, 2.24) is 20.0 Å². The predicted octanol–water partition coefficient (Wildman–Crippen LogP) is 2.32. The summed E-state index contributed by atoms with van der Waals surface area (Å²) in [5.41, 5.74) is 2.02. The number of carbonyl (C=O) groups is 2. The lowest BCUT2D eigenvalue weighted by Crippen LogP contribution is -2.37. The number of aromatic nitrogens is 2. The maximum absolute atomic E-state index is 12.1. The number of rotatable bonds is 7. The Balaban J connectivity index is 1.36. The first-order valence-corrected chi connectivity index (χ1v) is 9.36. The van der Waals surface area contributed by atoms with Crippen molar-refractivity contribution in [2.24, 2.45) is 0 Å². The Kier molecular flexibility index (Phi) is 6.41. The van der Waals surface area contributed by atoms with E-state index in [9.17, 15) is 9.59 Å². The molecule has 1 N–H and O–H groups in total. The van der Waals surface area contributed by atoms with Crippen LogP contribution in [0.15, 0.2) is 42.7 Å². The van der Waals surface area contributed by atoms with E-state index in [1.54, 1.807) is 6.20 Å². The summed E-state index contributed by atoms with van der Waals surface area (Å²) < 4.78 is 1.81. The molecular weight excluding hydrogens is 328 g/mol. The quantitative estimate of drug-likeness (QED) is 0.830. The average molecular weight is 354 g/mol. The Morgan fingerprint density at radius 1 is 1.04 bits per heavy atom. The number of nitrogens with zero attached hydrogens (tertiary/aromatic N) is 3. The largest absolute Gasteiger partial charge is 0.356 e. The number of benzene rings is 1. The van der Waals surface area contributed by atoms with Crippen LogP contribution in [0.25, 0.3) is 5.69 Å². The first kappa shape index (κ1) is 18.2. The van der Waals surface area contributed by atoms with Crippen LogP contribution in [0.5, 0.6) is 0 Å². The average Bonchev–Trinajstić information content (AvgIpc) is 3.17. The fourth-order valence-electron chi connectivity index (χ4n) is 3.17. The van der Waals surface area contributed by atoms with Crippen molar-refractivity contribution in [1.29, 1.82) is 0 Å². The molecule has 3 rings (SSSR count). The Hall–Kier alpha value is -2.63. The lowest BCUT2D eigenvalue weighted by atomic mass is 10.1. The SMILES string of the molecule is O=C(CCc1cnn(-c2ccccc2)c1)NCCC(=O)N1CCCCC1. The van der Waals surface area contributed by atoms with Crippen LogP contribution in [0.3, 0.4) is 0 Å². The van der Waals surface area contributed by atoms with E-state index in [0.29, 0.717) is 25.8 Å². The van der Waals surface area contributed by atoms with Gasteiger partial charge in [-0.15, -0.1) is 0 Å². The highest BCUT2D eigenvalue weighted by atomic mass is 16.2. The fourth-order valence-corrected chi connectivity index (χ4v) is 3.17. The zero-order valence-corrected chi connectivity index (χ0v) is 15.1. The van der Waals surface area contributed by atoms with Gasteiger partial charge in [-0.05, 0) is 43.4 Å². The monoisotopic (exact) mass is 354 g/mol. The number of hydrogen-bond acceptors (Lipinski definition) is 3. The summed E-state index contributed by atoms with van der Waals surface area (Å²) in [4.78, 5) is 26.0. The molecule has 2 amide bonds. The zero-order chi connectivity index (χ0) is 18.2. The van der Waals surface area contributed by atoms with Gasteiger partial charge in [0, 0.05) is 38.7 Å². The number of aryl methyl sites for hydroxylation is 1. The van der Waals surface area contributed by atoms with E-state index < -0.39 is 0 Å². The Bertz CT molecular complexity index is 720. The second-order valence-electron chi connectivity index (χ2n) is 6.67. The summed E-state index contributed by atoms with van der Waals surface area (Å²) in [5, 5.41) is 7.18. The highest BCUT2D eigenvalue weighted by Crippen LogP contribution is 2.10. The van der Waals surface area contributed by atoms with E-state index in [2.05, 4.69) is 10.4 Å². The maximum Gasteiger partial charge on any atom is 0.224 e. The molecule has 0 bridgehead atoms. The van der Waals surface area contributed by atoms with E-state index in [-0.39, 0.29) is 11.8 Å². The van der Waals surface area contributed by atoms with Crippen molar-refractivity contribution in [2.75, 3.05) is 19.6 Å². The van der Waals surface area contributed by atoms with Gasteiger partial charge in [0.05, 0.1) is 11.9 Å². The molecule has 0 aliphatic carbocycles. The molecule has 0 radical (unpaired) electrons. The van der Waals surface area contributed by atoms with Gasteiger partial charge in [0.2, 0.25) is 11.8 Å². The molecule has 1 saturated heterocycles. The Morgan fingerprint density at radius 3 is 2.58 bits per heavy atom. The van der Waals surface area contributed by atoms with E-state index in [4.69, 9.17) is 0 Å². The van der Waals surface area contributed by atoms with Crippen LogP contribution in [-0.4, -0.2) is 46.1 Å². The summed E-state index contributed by atoms with van der Waals surface area (Å²) >= 11 is 0. The predicted molar refractivity (Wildman–Crippen MR) is 99.9 cm³/mol. The Morgan fingerprint density at radius 2 is 1.81 bits per heavy atom. The first-order valence-electron chi connectivity index (χ1n) is 9.36. The summed E-state index contributed by atoms with van der Waals surface area (Å²) in [7, 11) is 0. The molecule has 2 aromatic rings. The van der Waals surface area contributed by atoms with E-state index in [1.165, 1.54) is 6.42 Å². The summed E-state index contributed by atoms with van der Waals surface area (Å²) in [5.74, 6) is 0.123. The third-order valence-corrected chi connectivity index (χ3v) is 4.67. The standard InChI is InChI=1S/C20H26N4O2/c25-19(21-12-11-20(26)23-13-5-2-6-14-23)10-9-17-15-22-24(16-17)18-7-3-1-4-8-18/h1,3-4,7-8,15-16H,2,5-6,9-14H2,(H,21,25). The van der Waals surface area contributed by atoms with Gasteiger partial charge in [-0.1, -0.05) is 18.2 Å². The molecule has 0 atom stereocenters. The molecule has 0 saturated carbocycles. The van der Waals surface area contributed by atoms with Crippen molar-refractivity contribution >= 4 is 11.8 Å². The van der Waals surface area contributed by atoms with Gasteiger partial charge in [-0.25, -0.2) is 4.68 Å². The molecule has 1 aliphatic rings. The van der Waals surface area contributed by atoms with Gasteiger partial charge in [-0.3, -0.25) is 9.59 Å². The minimum absolute atomic E-state index is 0.0242. The third-order valence-electron chi connectivity index (χ3n) is 4.67. The summed E-state index contributed by atoms with van der Waals surface area (Å²) in [6, 6.07) is 9.88. The van der Waals surface area contributed by atoms with Gasteiger partial charge >= 0.3 is 0 Å². The minimum Gasteiger partial charge on any atom is -0.356 e. The first-order chi connectivity index (χ1) is 12.7. The van der Waals surface area contributed by atoms with Gasteiger partial charge in [0.1, 0.15) is 0 Å². The van der Waals surface area contributed by atoms with Crippen molar-refractivity contribution in [3.8, 4) is 5.69 Å². The van der Waals surface area contributed by atoms with Crippen LogP contribution >= 0.6 is 0 Å². The molecule has 6 heteroatoms. The maximum atomic E-state index is 12.1. The second-order valence-corrected chi connectivity index (χ2v) is 6.67. The van der Waals surface area contributed by atoms with Gasteiger partial charge in [0.15, 0.2) is 0 Å². The van der Waals surface area contributed by atoms with Crippen LogP contribution in [0.1, 0.15) is 37.7 Å². The number of hydrogen-bond donors (Lipinski definition) is 1. The molecular formula is C20H26N4O2. The van der Waals surface area contributed by atoms with Gasteiger partial charge < -0.3 is 10.2 Å². The lowest BCUT2D eigenvalue weighted by molar-refractivity contribution is -0.132. The minimum atomic E-state index is -0.0242. The molecule has 0 spiro atoms. The summed E-state index contributed by atoms with van der Waals surface area (Å²) in [6.07, 6.45) is 8.56. The fraction of sp³-hybridized carbons (Fsp3) is 0.450. The normalized spacial score (nSPS) is 14.2. The van der Waals surface area contributed by atoms with Crippen molar-refractivity contribution < 1.29 is 9.59 Å². The molecule has 138 valence electrons. The van der Waals surface area contributed by atoms with Crippen LogP contribution in [0, 0.1) is 0 Å². The topological polar surface area (TPSA) is 67.2 Å².